The second kappa shape index (κ2) is 5.38. The number of carboxylic acid groups (broad SMARTS) is 1. The molecule has 2 aliphatic carbocycles. The molecule has 0 heterocycles. The van der Waals surface area contributed by atoms with E-state index in [1.54, 1.807) is 0 Å². The van der Waals surface area contributed by atoms with Gasteiger partial charge in [-0.05, 0) is 38.1 Å². The van der Waals surface area contributed by atoms with Crippen LogP contribution in [0.3, 0.4) is 0 Å². The van der Waals surface area contributed by atoms with E-state index in [1.807, 2.05) is 0 Å². The maximum absolute atomic E-state index is 11.5. The molecule has 2 aliphatic rings. The SMILES string of the molecule is CCN(CC1CCC1)CC1(C(=O)O)CCCC1. The molecule has 98 valence electrons. The van der Waals surface area contributed by atoms with E-state index in [4.69, 9.17) is 0 Å². The maximum atomic E-state index is 11.5. The highest BCUT2D eigenvalue weighted by molar-refractivity contribution is 5.75. The van der Waals surface area contributed by atoms with Crippen molar-refractivity contribution in [2.75, 3.05) is 19.6 Å². The number of carbonyl (C=O) groups is 1. The van der Waals surface area contributed by atoms with E-state index >= 15 is 0 Å². The minimum absolute atomic E-state index is 0.431. The molecule has 0 radical (unpaired) electrons. The van der Waals surface area contributed by atoms with Crippen LogP contribution in [0.1, 0.15) is 51.9 Å². The molecule has 3 heteroatoms. The Morgan fingerprint density at radius 3 is 2.35 bits per heavy atom. The van der Waals surface area contributed by atoms with Crippen LogP contribution in [0.4, 0.5) is 0 Å². The van der Waals surface area contributed by atoms with Crippen molar-refractivity contribution >= 4 is 5.97 Å². The average Bonchev–Trinajstić information content (AvgIpc) is 2.71. The number of nitrogens with zero attached hydrogens (tertiary/aromatic N) is 1. The van der Waals surface area contributed by atoms with E-state index in [1.165, 1.54) is 19.3 Å². The Balaban J connectivity index is 1.92. The fraction of sp³-hybridized carbons (Fsp3) is 0.929. The van der Waals surface area contributed by atoms with Crippen LogP contribution in [0.2, 0.25) is 0 Å². The molecule has 0 bridgehead atoms. The second-order valence-corrected chi connectivity index (χ2v) is 5.92. The highest BCUT2D eigenvalue weighted by Crippen LogP contribution is 2.39. The van der Waals surface area contributed by atoms with Gasteiger partial charge in [0.2, 0.25) is 0 Å². The van der Waals surface area contributed by atoms with Crippen LogP contribution in [0.5, 0.6) is 0 Å². The standard InChI is InChI=1S/C14H25NO2/c1-2-15(10-12-6-5-7-12)11-14(13(16)17)8-3-4-9-14/h12H,2-11H2,1H3,(H,16,17). The Morgan fingerprint density at radius 1 is 1.29 bits per heavy atom. The molecule has 0 atom stereocenters. The van der Waals surface area contributed by atoms with Crippen molar-refractivity contribution in [2.24, 2.45) is 11.3 Å². The third kappa shape index (κ3) is 2.82. The Bertz CT molecular complexity index is 267. The van der Waals surface area contributed by atoms with Crippen molar-refractivity contribution < 1.29 is 9.90 Å². The van der Waals surface area contributed by atoms with Crippen LogP contribution in [-0.4, -0.2) is 35.6 Å². The smallest absolute Gasteiger partial charge is 0.310 e. The quantitative estimate of drug-likeness (QED) is 0.775. The van der Waals surface area contributed by atoms with Gasteiger partial charge in [0.1, 0.15) is 0 Å². The third-order valence-electron chi connectivity index (χ3n) is 4.73. The fourth-order valence-corrected chi connectivity index (χ4v) is 3.27. The zero-order valence-electron chi connectivity index (χ0n) is 11.0. The molecule has 0 saturated heterocycles. The highest BCUT2D eigenvalue weighted by atomic mass is 16.4. The average molecular weight is 239 g/mol. The first-order valence-corrected chi connectivity index (χ1v) is 7.12. The summed E-state index contributed by atoms with van der Waals surface area (Å²) in [6.45, 7) is 5.04. The molecule has 1 N–H and O–H groups in total. The van der Waals surface area contributed by atoms with Gasteiger partial charge < -0.3 is 10.0 Å². The van der Waals surface area contributed by atoms with Gasteiger partial charge >= 0.3 is 5.97 Å². The van der Waals surface area contributed by atoms with Crippen molar-refractivity contribution in [1.82, 2.24) is 4.90 Å². The molecule has 3 nitrogen and oxygen atoms in total. The summed E-state index contributed by atoms with van der Waals surface area (Å²) in [5.74, 6) is 0.268. The fourth-order valence-electron chi connectivity index (χ4n) is 3.27. The molecule has 0 aromatic carbocycles. The van der Waals surface area contributed by atoms with Crippen molar-refractivity contribution in [3.8, 4) is 0 Å². The lowest BCUT2D eigenvalue weighted by atomic mass is 9.82. The van der Waals surface area contributed by atoms with Gasteiger partial charge in [0.25, 0.3) is 0 Å². The van der Waals surface area contributed by atoms with Gasteiger partial charge in [0, 0.05) is 13.1 Å². The Morgan fingerprint density at radius 2 is 1.94 bits per heavy atom. The van der Waals surface area contributed by atoms with Gasteiger partial charge in [-0.2, -0.15) is 0 Å². The Labute approximate surface area is 104 Å². The van der Waals surface area contributed by atoms with Crippen molar-refractivity contribution in [3.63, 3.8) is 0 Å². The van der Waals surface area contributed by atoms with Gasteiger partial charge in [0.05, 0.1) is 5.41 Å². The van der Waals surface area contributed by atoms with Crippen LogP contribution in [-0.2, 0) is 4.79 Å². The van der Waals surface area contributed by atoms with Gasteiger partial charge in [-0.15, -0.1) is 0 Å². The number of hydrogen-bond acceptors (Lipinski definition) is 2. The monoisotopic (exact) mass is 239 g/mol. The summed E-state index contributed by atoms with van der Waals surface area (Å²) in [4.78, 5) is 13.9. The molecule has 17 heavy (non-hydrogen) atoms. The third-order valence-corrected chi connectivity index (χ3v) is 4.73. The first-order chi connectivity index (χ1) is 8.16. The Hall–Kier alpha value is -0.570. The molecule has 0 spiro atoms. The minimum Gasteiger partial charge on any atom is -0.481 e. The molecule has 2 saturated carbocycles. The highest BCUT2D eigenvalue weighted by Gasteiger charge is 2.42. The molecule has 0 unspecified atom stereocenters. The van der Waals surface area contributed by atoms with Crippen molar-refractivity contribution in [1.29, 1.82) is 0 Å². The van der Waals surface area contributed by atoms with Crippen LogP contribution in [0, 0.1) is 11.3 Å². The number of carboxylic acids is 1. The summed E-state index contributed by atoms with van der Waals surface area (Å²) in [6.07, 6.45) is 7.99. The predicted molar refractivity (Wildman–Crippen MR) is 68.0 cm³/mol. The van der Waals surface area contributed by atoms with E-state index in [9.17, 15) is 9.90 Å². The lowest BCUT2D eigenvalue weighted by molar-refractivity contribution is -0.150. The van der Waals surface area contributed by atoms with E-state index in [0.29, 0.717) is 0 Å². The van der Waals surface area contributed by atoms with E-state index in [0.717, 1.165) is 51.2 Å². The molecular weight excluding hydrogens is 214 g/mol. The van der Waals surface area contributed by atoms with E-state index < -0.39 is 11.4 Å². The number of hydrogen-bond donors (Lipinski definition) is 1. The summed E-state index contributed by atoms with van der Waals surface area (Å²) in [6, 6.07) is 0. The van der Waals surface area contributed by atoms with Crippen LogP contribution in [0.15, 0.2) is 0 Å². The lowest BCUT2D eigenvalue weighted by Gasteiger charge is -2.36. The second-order valence-electron chi connectivity index (χ2n) is 5.92. The van der Waals surface area contributed by atoms with Crippen LogP contribution in [0.25, 0.3) is 0 Å². The molecule has 0 amide bonds. The van der Waals surface area contributed by atoms with Crippen molar-refractivity contribution in [3.05, 3.63) is 0 Å². The van der Waals surface area contributed by atoms with Gasteiger partial charge in [-0.3, -0.25) is 4.79 Å². The Kier molecular flexibility index (Phi) is 4.08. The van der Waals surface area contributed by atoms with Gasteiger partial charge in [-0.25, -0.2) is 0 Å². The molecule has 0 aliphatic heterocycles. The molecule has 0 aromatic heterocycles. The molecule has 2 rings (SSSR count). The topological polar surface area (TPSA) is 40.5 Å². The zero-order chi connectivity index (χ0) is 12.3. The first kappa shape index (κ1) is 12.9. The summed E-state index contributed by atoms with van der Waals surface area (Å²) in [5, 5.41) is 9.49. The molecule has 2 fully saturated rings. The zero-order valence-corrected chi connectivity index (χ0v) is 11.0. The normalized spacial score (nSPS) is 23.9. The van der Waals surface area contributed by atoms with Crippen LogP contribution < -0.4 is 0 Å². The van der Waals surface area contributed by atoms with E-state index in [-0.39, 0.29) is 0 Å². The number of rotatable bonds is 6. The summed E-state index contributed by atoms with van der Waals surface area (Å²) in [5.41, 5.74) is -0.431. The summed E-state index contributed by atoms with van der Waals surface area (Å²) < 4.78 is 0. The largest absolute Gasteiger partial charge is 0.481 e. The first-order valence-electron chi connectivity index (χ1n) is 7.12. The summed E-state index contributed by atoms with van der Waals surface area (Å²) in [7, 11) is 0. The summed E-state index contributed by atoms with van der Waals surface area (Å²) >= 11 is 0. The van der Waals surface area contributed by atoms with E-state index in [2.05, 4.69) is 11.8 Å². The molecule has 0 aromatic rings. The van der Waals surface area contributed by atoms with Crippen molar-refractivity contribution in [2.45, 2.75) is 51.9 Å². The van der Waals surface area contributed by atoms with Gasteiger partial charge in [-0.1, -0.05) is 26.2 Å². The minimum atomic E-state index is -0.568. The maximum Gasteiger partial charge on any atom is 0.310 e. The number of aliphatic carboxylic acids is 1. The van der Waals surface area contributed by atoms with Crippen LogP contribution >= 0.6 is 0 Å². The molecular formula is C14H25NO2. The predicted octanol–water partition coefficient (Wildman–Crippen LogP) is 2.75. The lowest BCUT2D eigenvalue weighted by Crippen LogP contribution is -2.44. The van der Waals surface area contributed by atoms with Gasteiger partial charge in [0.15, 0.2) is 0 Å².